The Labute approximate surface area is 166 Å². The van der Waals surface area contributed by atoms with E-state index < -0.39 is 0 Å². The van der Waals surface area contributed by atoms with Crippen molar-refractivity contribution in [3.05, 3.63) is 29.3 Å². The molecular weight excluding hydrogens is 439 g/mol. The van der Waals surface area contributed by atoms with Crippen molar-refractivity contribution < 1.29 is 4.74 Å². The van der Waals surface area contributed by atoms with Gasteiger partial charge in [0.05, 0.1) is 12.1 Å². The number of halogens is 2. The van der Waals surface area contributed by atoms with Crippen LogP contribution in [0.3, 0.4) is 0 Å². The SMILES string of the molecule is COC1(CN=C(N)N2CCN(c3ccc(Cl)cc3)CC2)CCC1.I. The first-order chi connectivity index (χ1) is 11.1. The number of hydrogen-bond acceptors (Lipinski definition) is 3. The van der Waals surface area contributed by atoms with E-state index in [4.69, 9.17) is 22.1 Å². The zero-order valence-corrected chi connectivity index (χ0v) is 17.2. The molecule has 0 radical (unpaired) electrons. The standard InChI is InChI=1S/C17H25ClN4O.HI/c1-23-17(7-2-8-17)13-20-16(19)22-11-9-21(10-12-22)15-5-3-14(18)4-6-15;/h3-6H,2,7-13H2,1H3,(H2,19,20);1H. The number of ether oxygens (including phenoxy) is 1. The lowest BCUT2D eigenvalue weighted by atomic mass is 9.80. The number of guanidine groups is 1. The van der Waals surface area contributed by atoms with Crippen LogP contribution in [0.4, 0.5) is 5.69 Å². The van der Waals surface area contributed by atoms with Crippen LogP contribution in [0.5, 0.6) is 0 Å². The molecule has 0 aromatic heterocycles. The maximum absolute atomic E-state index is 6.18. The highest BCUT2D eigenvalue weighted by atomic mass is 127. The molecule has 1 heterocycles. The van der Waals surface area contributed by atoms with Crippen LogP contribution in [0.2, 0.25) is 5.02 Å². The highest BCUT2D eigenvalue weighted by molar-refractivity contribution is 14.0. The number of benzene rings is 1. The molecule has 1 aromatic rings. The van der Waals surface area contributed by atoms with Gasteiger partial charge in [-0.1, -0.05) is 11.6 Å². The molecule has 2 N–H and O–H groups in total. The minimum Gasteiger partial charge on any atom is -0.376 e. The number of anilines is 1. The minimum absolute atomic E-state index is 0. The van der Waals surface area contributed by atoms with Gasteiger partial charge in [0.15, 0.2) is 5.96 Å². The summed E-state index contributed by atoms with van der Waals surface area (Å²) in [5, 5.41) is 0.770. The third kappa shape index (κ3) is 4.46. The molecule has 24 heavy (non-hydrogen) atoms. The summed E-state index contributed by atoms with van der Waals surface area (Å²) in [6.07, 6.45) is 3.40. The van der Waals surface area contributed by atoms with Crippen LogP contribution in [0.15, 0.2) is 29.3 Å². The summed E-state index contributed by atoms with van der Waals surface area (Å²) in [6.45, 7) is 4.32. The van der Waals surface area contributed by atoms with Crippen LogP contribution in [-0.2, 0) is 4.74 Å². The van der Waals surface area contributed by atoms with Crippen LogP contribution in [0.25, 0.3) is 0 Å². The molecule has 3 rings (SSSR count). The molecule has 0 atom stereocenters. The zero-order valence-electron chi connectivity index (χ0n) is 14.1. The van der Waals surface area contributed by atoms with Crippen molar-refractivity contribution in [2.45, 2.75) is 24.9 Å². The van der Waals surface area contributed by atoms with Crippen LogP contribution < -0.4 is 10.6 Å². The van der Waals surface area contributed by atoms with E-state index in [1.165, 1.54) is 12.1 Å². The number of aliphatic imine (C=N–C) groups is 1. The van der Waals surface area contributed by atoms with E-state index in [1.54, 1.807) is 7.11 Å². The van der Waals surface area contributed by atoms with Crippen molar-refractivity contribution in [2.24, 2.45) is 10.7 Å². The molecule has 5 nitrogen and oxygen atoms in total. The van der Waals surface area contributed by atoms with E-state index in [1.807, 2.05) is 12.1 Å². The van der Waals surface area contributed by atoms with Gasteiger partial charge in [0.2, 0.25) is 0 Å². The summed E-state index contributed by atoms with van der Waals surface area (Å²) in [4.78, 5) is 9.09. The monoisotopic (exact) mass is 464 g/mol. The molecule has 2 fully saturated rings. The summed E-state index contributed by atoms with van der Waals surface area (Å²) >= 11 is 5.95. The molecule has 0 amide bonds. The first-order valence-corrected chi connectivity index (χ1v) is 8.60. The molecule has 0 spiro atoms. The summed E-state index contributed by atoms with van der Waals surface area (Å²) in [5.74, 6) is 0.643. The van der Waals surface area contributed by atoms with Gasteiger partial charge in [-0.05, 0) is 43.5 Å². The molecule has 7 heteroatoms. The summed E-state index contributed by atoms with van der Waals surface area (Å²) in [5.41, 5.74) is 7.32. The maximum atomic E-state index is 6.18. The van der Waals surface area contributed by atoms with E-state index in [0.29, 0.717) is 12.5 Å². The van der Waals surface area contributed by atoms with Crippen LogP contribution in [0.1, 0.15) is 19.3 Å². The van der Waals surface area contributed by atoms with Crippen molar-refractivity contribution >= 4 is 47.2 Å². The zero-order chi connectivity index (χ0) is 16.3. The van der Waals surface area contributed by atoms with E-state index in [0.717, 1.165) is 44.0 Å². The number of nitrogens with zero attached hydrogens (tertiary/aromatic N) is 3. The average molecular weight is 465 g/mol. The Hall–Kier alpha value is -0.730. The fourth-order valence-corrected chi connectivity index (χ4v) is 3.29. The van der Waals surface area contributed by atoms with Gasteiger partial charge in [-0.3, -0.25) is 4.99 Å². The Kier molecular flexibility index (Phi) is 7.00. The number of methoxy groups -OCH3 is 1. The molecular formula is C17H26ClIN4O. The first-order valence-electron chi connectivity index (χ1n) is 8.22. The third-order valence-corrected chi connectivity index (χ3v) is 5.27. The van der Waals surface area contributed by atoms with Gasteiger partial charge in [0.1, 0.15) is 0 Å². The van der Waals surface area contributed by atoms with Gasteiger partial charge in [-0.15, -0.1) is 24.0 Å². The first kappa shape index (κ1) is 19.6. The predicted octanol–water partition coefficient (Wildman–Crippen LogP) is 2.96. The molecule has 1 saturated carbocycles. The summed E-state index contributed by atoms with van der Waals surface area (Å²) in [7, 11) is 1.77. The number of rotatable bonds is 4. The van der Waals surface area contributed by atoms with Gasteiger partial charge < -0.3 is 20.3 Å². The van der Waals surface area contributed by atoms with E-state index in [-0.39, 0.29) is 29.6 Å². The van der Waals surface area contributed by atoms with Gasteiger partial charge in [0, 0.05) is 44.0 Å². The number of hydrogen-bond donors (Lipinski definition) is 1. The van der Waals surface area contributed by atoms with Crippen LogP contribution in [-0.4, -0.2) is 56.3 Å². The van der Waals surface area contributed by atoms with Gasteiger partial charge in [-0.25, -0.2) is 0 Å². The molecule has 0 bridgehead atoms. The van der Waals surface area contributed by atoms with Crippen molar-refractivity contribution in [3.63, 3.8) is 0 Å². The Bertz CT molecular complexity index is 549. The Morgan fingerprint density at radius 2 is 1.83 bits per heavy atom. The summed E-state index contributed by atoms with van der Waals surface area (Å²) in [6, 6.07) is 7.99. The average Bonchev–Trinajstić information content (AvgIpc) is 2.55. The predicted molar refractivity (Wildman–Crippen MR) is 111 cm³/mol. The molecule has 1 aliphatic carbocycles. The molecule has 0 unspecified atom stereocenters. The number of nitrogens with two attached hydrogens (primary N) is 1. The molecule has 134 valence electrons. The van der Waals surface area contributed by atoms with Crippen molar-refractivity contribution in [3.8, 4) is 0 Å². The number of piperazine rings is 1. The van der Waals surface area contributed by atoms with E-state index in [9.17, 15) is 0 Å². The Morgan fingerprint density at radius 1 is 1.21 bits per heavy atom. The minimum atomic E-state index is -0.0598. The van der Waals surface area contributed by atoms with Crippen molar-refractivity contribution in [1.29, 1.82) is 0 Å². The largest absolute Gasteiger partial charge is 0.376 e. The lowest BCUT2D eigenvalue weighted by Gasteiger charge is -2.40. The smallest absolute Gasteiger partial charge is 0.191 e. The normalized spacial score (nSPS) is 20.3. The summed E-state index contributed by atoms with van der Waals surface area (Å²) < 4.78 is 5.60. The molecule has 1 saturated heterocycles. The second kappa shape index (κ2) is 8.58. The van der Waals surface area contributed by atoms with Gasteiger partial charge >= 0.3 is 0 Å². The molecule has 1 aromatic carbocycles. The van der Waals surface area contributed by atoms with Crippen LogP contribution in [0, 0.1) is 0 Å². The Balaban J connectivity index is 0.00000208. The fraction of sp³-hybridized carbons (Fsp3) is 0.588. The highest BCUT2D eigenvalue weighted by Crippen LogP contribution is 2.35. The van der Waals surface area contributed by atoms with Crippen LogP contribution >= 0.6 is 35.6 Å². The topological polar surface area (TPSA) is 54.1 Å². The van der Waals surface area contributed by atoms with Gasteiger partial charge in [0.25, 0.3) is 0 Å². The maximum Gasteiger partial charge on any atom is 0.191 e. The lowest BCUT2D eigenvalue weighted by molar-refractivity contribution is -0.0631. The second-order valence-electron chi connectivity index (χ2n) is 6.37. The van der Waals surface area contributed by atoms with Gasteiger partial charge in [-0.2, -0.15) is 0 Å². The molecule has 1 aliphatic heterocycles. The quantitative estimate of drug-likeness (QED) is 0.423. The second-order valence-corrected chi connectivity index (χ2v) is 6.80. The van der Waals surface area contributed by atoms with Crippen molar-refractivity contribution in [1.82, 2.24) is 4.90 Å². The highest BCUT2D eigenvalue weighted by Gasteiger charge is 2.37. The third-order valence-electron chi connectivity index (χ3n) is 5.02. The Morgan fingerprint density at radius 3 is 2.33 bits per heavy atom. The van der Waals surface area contributed by atoms with E-state index >= 15 is 0 Å². The van der Waals surface area contributed by atoms with Crippen molar-refractivity contribution in [2.75, 3.05) is 44.7 Å². The van der Waals surface area contributed by atoms with E-state index in [2.05, 4.69) is 26.9 Å². The fourth-order valence-electron chi connectivity index (χ4n) is 3.17. The molecule has 2 aliphatic rings. The lowest BCUT2D eigenvalue weighted by Crippen LogP contribution is -2.52.